The first-order valence-electron chi connectivity index (χ1n) is 13.3. The van der Waals surface area contributed by atoms with Crippen molar-refractivity contribution in [1.82, 2.24) is 4.57 Å². The third-order valence-electron chi connectivity index (χ3n) is 8.51. The zero-order valence-corrected chi connectivity index (χ0v) is 21.4. The first-order valence-corrected chi connectivity index (χ1v) is 13.3. The number of aromatic carboxylic acids is 1. The summed E-state index contributed by atoms with van der Waals surface area (Å²) in [6.45, 7) is 7.59. The van der Waals surface area contributed by atoms with E-state index in [9.17, 15) is 14.7 Å². The summed E-state index contributed by atoms with van der Waals surface area (Å²) in [5, 5.41) is 10.9. The molecule has 1 aliphatic carbocycles. The number of amides is 1. The fraction of sp³-hybridized carbons (Fsp3) is 0.419. The van der Waals surface area contributed by atoms with Gasteiger partial charge in [0.2, 0.25) is 5.91 Å². The van der Waals surface area contributed by atoms with Crippen LogP contribution >= 0.6 is 0 Å². The van der Waals surface area contributed by atoms with Crippen molar-refractivity contribution in [2.75, 3.05) is 11.4 Å². The summed E-state index contributed by atoms with van der Waals surface area (Å²) in [5.74, 6) is -0.298. The number of aryl methyl sites for hydroxylation is 1. The largest absolute Gasteiger partial charge is 0.478 e. The molecule has 5 nitrogen and oxygen atoms in total. The Morgan fingerprint density at radius 3 is 2.56 bits per heavy atom. The van der Waals surface area contributed by atoms with Gasteiger partial charge in [0, 0.05) is 29.6 Å². The summed E-state index contributed by atoms with van der Waals surface area (Å²) in [4.78, 5) is 27.8. The van der Waals surface area contributed by atoms with Crippen LogP contribution in [0.5, 0.6) is 0 Å². The molecule has 0 bridgehead atoms. The molecule has 1 atom stereocenters. The first kappa shape index (κ1) is 23.1. The van der Waals surface area contributed by atoms with Crippen LogP contribution in [0.1, 0.15) is 86.7 Å². The molecule has 1 N–H and O–H groups in total. The van der Waals surface area contributed by atoms with E-state index in [1.807, 2.05) is 17.0 Å². The first-order chi connectivity index (χ1) is 17.3. The Morgan fingerprint density at radius 1 is 1.06 bits per heavy atom. The molecule has 5 heteroatoms. The molecule has 36 heavy (non-hydrogen) atoms. The Balaban J connectivity index is 1.70. The molecule has 1 amide bonds. The van der Waals surface area contributed by atoms with E-state index in [1.54, 1.807) is 6.07 Å². The minimum absolute atomic E-state index is 0.156. The third-order valence-corrected chi connectivity index (χ3v) is 8.51. The van der Waals surface area contributed by atoms with Crippen molar-refractivity contribution in [2.24, 2.45) is 0 Å². The predicted molar refractivity (Wildman–Crippen MR) is 144 cm³/mol. The van der Waals surface area contributed by atoms with E-state index < -0.39 is 11.4 Å². The van der Waals surface area contributed by atoms with Gasteiger partial charge in [0.1, 0.15) is 0 Å². The minimum Gasteiger partial charge on any atom is -0.478 e. The van der Waals surface area contributed by atoms with Gasteiger partial charge in [-0.3, -0.25) is 4.79 Å². The van der Waals surface area contributed by atoms with Crippen molar-refractivity contribution in [3.63, 3.8) is 0 Å². The number of fused-ring (bicyclic) bond motifs is 4. The number of carbonyl (C=O) groups is 2. The van der Waals surface area contributed by atoms with E-state index in [1.165, 1.54) is 35.9 Å². The number of allylic oxidation sites excluding steroid dienone is 1. The van der Waals surface area contributed by atoms with Crippen molar-refractivity contribution in [1.29, 1.82) is 0 Å². The van der Waals surface area contributed by atoms with E-state index >= 15 is 0 Å². The molecule has 0 spiro atoms. The predicted octanol–water partition coefficient (Wildman–Crippen LogP) is 7.03. The van der Waals surface area contributed by atoms with Crippen LogP contribution in [0.25, 0.3) is 22.2 Å². The van der Waals surface area contributed by atoms with Gasteiger partial charge in [0.05, 0.1) is 22.4 Å². The number of rotatable bonds is 3. The van der Waals surface area contributed by atoms with Crippen LogP contribution in [0.15, 0.2) is 48.0 Å². The van der Waals surface area contributed by atoms with Gasteiger partial charge < -0.3 is 14.6 Å². The number of hydrogen-bond acceptors (Lipinski definition) is 2. The number of carbonyl (C=O) groups excluding carboxylic acids is 1. The molecule has 3 heterocycles. The third kappa shape index (κ3) is 3.28. The number of anilines is 1. The number of aromatic nitrogens is 1. The second-order valence-corrected chi connectivity index (χ2v) is 11.2. The molecule has 186 valence electrons. The molecular formula is C31H34N2O3. The fourth-order valence-corrected chi connectivity index (χ4v) is 7.10. The summed E-state index contributed by atoms with van der Waals surface area (Å²) < 4.78 is 2.36. The van der Waals surface area contributed by atoms with Crippen LogP contribution in [0.2, 0.25) is 0 Å². The van der Waals surface area contributed by atoms with Crippen LogP contribution < -0.4 is 4.90 Å². The van der Waals surface area contributed by atoms with Crippen molar-refractivity contribution in [3.8, 4) is 11.3 Å². The Bertz CT molecular complexity index is 1440. The lowest BCUT2D eigenvalue weighted by atomic mass is 9.79. The van der Waals surface area contributed by atoms with Crippen LogP contribution in [-0.2, 0) is 16.8 Å². The van der Waals surface area contributed by atoms with Crippen LogP contribution in [-0.4, -0.2) is 28.1 Å². The molecule has 3 aromatic rings. The van der Waals surface area contributed by atoms with Crippen molar-refractivity contribution in [2.45, 2.75) is 77.2 Å². The molecule has 1 aromatic heterocycles. The lowest BCUT2D eigenvalue weighted by Crippen LogP contribution is -2.38. The maximum atomic E-state index is 13.9. The zero-order chi connectivity index (χ0) is 25.2. The van der Waals surface area contributed by atoms with Gasteiger partial charge in [-0.2, -0.15) is 0 Å². The van der Waals surface area contributed by atoms with Crippen molar-refractivity contribution < 1.29 is 14.7 Å². The fourth-order valence-electron chi connectivity index (χ4n) is 7.10. The molecule has 1 saturated carbocycles. The standard InChI is InChI=1S/C31H34N2O3/c1-19(2)18-31(3)24-12-7-11-23-27(24)33(30(31)36)16-8-15-32-25-17-21(29(34)35)13-14-22(25)26(28(23)32)20-9-5-4-6-10-20/h7,11-14,17-18,20H,4-6,8-10,15-16H2,1-3H3,(H,34,35)/t31-/m0/s1. The van der Waals surface area contributed by atoms with Gasteiger partial charge in [-0.25, -0.2) is 4.79 Å². The van der Waals surface area contributed by atoms with Crippen LogP contribution in [0.3, 0.4) is 0 Å². The number of carboxylic acid groups (broad SMARTS) is 1. The summed E-state index contributed by atoms with van der Waals surface area (Å²) in [6, 6.07) is 12.0. The van der Waals surface area contributed by atoms with Crippen LogP contribution in [0, 0.1) is 0 Å². The Kier molecular flexibility index (Phi) is 5.36. The number of benzene rings is 2. The quantitative estimate of drug-likeness (QED) is 0.408. The van der Waals surface area contributed by atoms with Gasteiger partial charge in [-0.15, -0.1) is 0 Å². The van der Waals surface area contributed by atoms with E-state index in [4.69, 9.17) is 0 Å². The highest BCUT2D eigenvalue weighted by Gasteiger charge is 2.47. The van der Waals surface area contributed by atoms with Crippen LogP contribution in [0.4, 0.5) is 5.69 Å². The lowest BCUT2D eigenvalue weighted by molar-refractivity contribution is -0.121. The summed E-state index contributed by atoms with van der Waals surface area (Å²) in [7, 11) is 0. The van der Waals surface area contributed by atoms with E-state index in [2.05, 4.69) is 49.6 Å². The average Bonchev–Trinajstić information content (AvgIpc) is 3.27. The summed E-state index contributed by atoms with van der Waals surface area (Å²) >= 11 is 0. The molecule has 3 aliphatic rings. The molecule has 2 aliphatic heterocycles. The molecule has 1 fully saturated rings. The normalized spacial score (nSPS) is 21.6. The van der Waals surface area contributed by atoms with Gasteiger partial charge in [-0.1, -0.05) is 55.2 Å². The summed E-state index contributed by atoms with van der Waals surface area (Å²) in [5.41, 5.74) is 7.56. The smallest absolute Gasteiger partial charge is 0.335 e. The Morgan fingerprint density at radius 2 is 1.83 bits per heavy atom. The average molecular weight is 483 g/mol. The molecule has 6 rings (SSSR count). The molecule has 0 radical (unpaired) electrons. The number of carboxylic acids is 1. The SMILES string of the molecule is CC(C)=C[C@]1(C)C(=O)N2CCCn3c(c(C4CCCCC4)c4ccc(C(=O)O)cc43)-c3cccc1c32. The van der Waals surface area contributed by atoms with Crippen molar-refractivity contribution >= 4 is 28.5 Å². The summed E-state index contributed by atoms with van der Waals surface area (Å²) in [6.07, 6.45) is 8.97. The zero-order valence-electron chi connectivity index (χ0n) is 21.4. The molecule has 0 unspecified atom stereocenters. The molecule has 2 aromatic carbocycles. The van der Waals surface area contributed by atoms with Gasteiger partial charge in [0.25, 0.3) is 0 Å². The topological polar surface area (TPSA) is 62.5 Å². The van der Waals surface area contributed by atoms with E-state index in [-0.39, 0.29) is 5.91 Å². The second-order valence-electron chi connectivity index (χ2n) is 11.2. The lowest BCUT2D eigenvalue weighted by Gasteiger charge is -2.28. The van der Waals surface area contributed by atoms with E-state index in [0.29, 0.717) is 18.0 Å². The molecule has 0 saturated heterocycles. The Hall–Kier alpha value is -3.34. The van der Waals surface area contributed by atoms with Gasteiger partial charge in [-0.05, 0) is 69.2 Å². The maximum absolute atomic E-state index is 13.9. The highest BCUT2D eigenvalue weighted by molar-refractivity contribution is 6.13. The second kappa shape index (κ2) is 8.36. The highest BCUT2D eigenvalue weighted by atomic mass is 16.4. The van der Waals surface area contributed by atoms with Gasteiger partial charge >= 0.3 is 5.97 Å². The maximum Gasteiger partial charge on any atom is 0.335 e. The number of hydrogen-bond donors (Lipinski definition) is 1. The van der Waals surface area contributed by atoms with Crippen molar-refractivity contribution in [3.05, 3.63) is 64.7 Å². The number of nitrogens with zero attached hydrogens (tertiary/aromatic N) is 2. The minimum atomic E-state index is -0.896. The monoisotopic (exact) mass is 482 g/mol. The number of para-hydroxylation sites is 1. The Labute approximate surface area is 212 Å². The highest BCUT2D eigenvalue weighted by Crippen LogP contribution is 2.52. The van der Waals surface area contributed by atoms with E-state index in [0.717, 1.165) is 53.7 Å². The van der Waals surface area contributed by atoms with Gasteiger partial charge in [0.15, 0.2) is 0 Å². The molecular weight excluding hydrogens is 448 g/mol.